The summed E-state index contributed by atoms with van der Waals surface area (Å²) in [6.45, 7) is 4.69. The van der Waals surface area contributed by atoms with Crippen LogP contribution in [0, 0.1) is 6.92 Å². The van der Waals surface area contributed by atoms with Gasteiger partial charge in [0.2, 0.25) is 0 Å². The SMILES string of the molecule is Cc1ccn2c(C(C)CN)c(-c3ccc(Cl)cc3Cl)nc2c1. The number of rotatable bonds is 3. The Labute approximate surface area is 139 Å². The molecule has 1 atom stereocenters. The average molecular weight is 334 g/mol. The molecule has 2 heterocycles. The summed E-state index contributed by atoms with van der Waals surface area (Å²) in [5.41, 5.74) is 10.8. The predicted molar refractivity (Wildman–Crippen MR) is 92.9 cm³/mol. The van der Waals surface area contributed by atoms with E-state index >= 15 is 0 Å². The predicted octanol–water partition coefficient (Wildman–Crippen LogP) is 4.68. The third kappa shape index (κ3) is 2.60. The third-order valence-corrected chi connectivity index (χ3v) is 4.37. The summed E-state index contributed by atoms with van der Waals surface area (Å²) < 4.78 is 2.09. The molecular weight excluding hydrogens is 317 g/mol. The lowest BCUT2D eigenvalue weighted by atomic mass is 10.0. The van der Waals surface area contributed by atoms with Crippen molar-refractivity contribution in [3.8, 4) is 11.3 Å². The van der Waals surface area contributed by atoms with Gasteiger partial charge in [-0.25, -0.2) is 4.98 Å². The van der Waals surface area contributed by atoms with Gasteiger partial charge in [-0.1, -0.05) is 30.1 Å². The zero-order valence-corrected chi connectivity index (χ0v) is 14.0. The van der Waals surface area contributed by atoms with Gasteiger partial charge in [0.15, 0.2) is 0 Å². The van der Waals surface area contributed by atoms with Crippen LogP contribution in [0.1, 0.15) is 24.1 Å². The Morgan fingerprint density at radius 3 is 2.68 bits per heavy atom. The second-order valence-corrected chi connectivity index (χ2v) is 6.38. The lowest BCUT2D eigenvalue weighted by Gasteiger charge is -2.12. The fourth-order valence-corrected chi connectivity index (χ4v) is 3.13. The highest BCUT2D eigenvalue weighted by atomic mass is 35.5. The van der Waals surface area contributed by atoms with Crippen LogP contribution in [0.3, 0.4) is 0 Å². The van der Waals surface area contributed by atoms with Crippen molar-refractivity contribution in [2.45, 2.75) is 19.8 Å². The Morgan fingerprint density at radius 2 is 2.00 bits per heavy atom. The number of nitrogens with zero attached hydrogens (tertiary/aromatic N) is 2. The van der Waals surface area contributed by atoms with Crippen LogP contribution in [0.2, 0.25) is 10.0 Å². The molecule has 1 unspecified atom stereocenters. The minimum atomic E-state index is 0.166. The van der Waals surface area contributed by atoms with Crippen LogP contribution < -0.4 is 5.73 Å². The van der Waals surface area contributed by atoms with E-state index in [0.717, 1.165) is 22.6 Å². The highest BCUT2D eigenvalue weighted by molar-refractivity contribution is 6.36. The highest BCUT2D eigenvalue weighted by Crippen LogP contribution is 2.35. The molecule has 3 aromatic rings. The summed E-state index contributed by atoms with van der Waals surface area (Å²) in [5, 5.41) is 1.21. The number of hydrogen-bond acceptors (Lipinski definition) is 2. The molecule has 3 nitrogen and oxygen atoms in total. The molecule has 0 spiro atoms. The minimum Gasteiger partial charge on any atom is -0.330 e. The van der Waals surface area contributed by atoms with Crippen molar-refractivity contribution in [2.75, 3.05) is 6.54 Å². The third-order valence-electron chi connectivity index (χ3n) is 3.83. The second kappa shape index (κ2) is 5.92. The number of hydrogen-bond donors (Lipinski definition) is 1. The molecule has 0 fully saturated rings. The van der Waals surface area contributed by atoms with Crippen molar-refractivity contribution in [1.82, 2.24) is 9.38 Å². The van der Waals surface area contributed by atoms with Gasteiger partial charge in [0.1, 0.15) is 5.65 Å². The van der Waals surface area contributed by atoms with Crippen molar-refractivity contribution in [2.24, 2.45) is 5.73 Å². The van der Waals surface area contributed by atoms with E-state index in [1.165, 1.54) is 5.56 Å². The molecule has 0 saturated carbocycles. The van der Waals surface area contributed by atoms with Gasteiger partial charge in [-0.05, 0) is 42.8 Å². The molecular formula is C17H17Cl2N3. The summed E-state index contributed by atoms with van der Waals surface area (Å²) in [5.74, 6) is 0.166. The van der Waals surface area contributed by atoms with Crippen LogP contribution in [0.4, 0.5) is 0 Å². The zero-order chi connectivity index (χ0) is 15.9. The summed E-state index contributed by atoms with van der Waals surface area (Å²) in [6.07, 6.45) is 2.03. The van der Waals surface area contributed by atoms with Crippen LogP contribution in [0.25, 0.3) is 16.9 Å². The highest BCUT2D eigenvalue weighted by Gasteiger charge is 2.20. The van der Waals surface area contributed by atoms with Gasteiger partial charge in [-0.2, -0.15) is 0 Å². The van der Waals surface area contributed by atoms with E-state index in [1.54, 1.807) is 6.07 Å². The number of pyridine rings is 1. The number of aromatic nitrogens is 2. The molecule has 0 radical (unpaired) electrons. The van der Waals surface area contributed by atoms with Gasteiger partial charge >= 0.3 is 0 Å². The summed E-state index contributed by atoms with van der Waals surface area (Å²) in [7, 11) is 0. The second-order valence-electron chi connectivity index (χ2n) is 5.54. The van der Waals surface area contributed by atoms with Crippen LogP contribution in [-0.4, -0.2) is 15.9 Å². The van der Waals surface area contributed by atoms with Crippen molar-refractivity contribution < 1.29 is 0 Å². The molecule has 0 bridgehead atoms. The number of halogens is 2. The standard InChI is InChI=1S/C17H17Cl2N3/c1-10-5-6-22-15(7-10)21-16(17(22)11(2)9-20)13-4-3-12(18)8-14(13)19/h3-8,11H,9,20H2,1-2H3. The van der Waals surface area contributed by atoms with Gasteiger partial charge in [-0.3, -0.25) is 0 Å². The lowest BCUT2D eigenvalue weighted by molar-refractivity contribution is 0.738. The van der Waals surface area contributed by atoms with E-state index in [2.05, 4.69) is 30.4 Å². The van der Waals surface area contributed by atoms with Gasteiger partial charge in [0.05, 0.1) is 16.4 Å². The smallest absolute Gasteiger partial charge is 0.137 e. The Kier molecular flexibility index (Phi) is 4.13. The van der Waals surface area contributed by atoms with Crippen LogP contribution in [0.15, 0.2) is 36.5 Å². The first kappa shape index (κ1) is 15.3. The first-order valence-corrected chi connectivity index (χ1v) is 7.91. The molecule has 0 amide bonds. The van der Waals surface area contributed by atoms with E-state index in [4.69, 9.17) is 33.9 Å². The number of benzene rings is 1. The largest absolute Gasteiger partial charge is 0.330 e. The molecule has 0 aliphatic carbocycles. The summed E-state index contributed by atoms with van der Waals surface area (Å²) in [6, 6.07) is 9.60. The Bertz CT molecular complexity index is 839. The molecule has 0 aliphatic rings. The molecule has 114 valence electrons. The molecule has 0 aliphatic heterocycles. The van der Waals surface area contributed by atoms with E-state index in [1.807, 2.05) is 18.3 Å². The molecule has 5 heteroatoms. The van der Waals surface area contributed by atoms with Gasteiger partial charge in [-0.15, -0.1) is 0 Å². The molecule has 3 rings (SSSR count). The molecule has 2 aromatic heterocycles. The first-order valence-electron chi connectivity index (χ1n) is 7.15. The molecule has 22 heavy (non-hydrogen) atoms. The number of nitrogens with two attached hydrogens (primary N) is 1. The summed E-state index contributed by atoms with van der Waals surface area (Å²) in [4.78, 5) is 4.78. The van der Waals surface area contributed by atoms with Crippen LogP contribution in [0.5, 0.6) is 0 Å². The Hall–Kier alpha value is -1.55. The van der Waals surface area contributed by atoms with E-state index in [-0.39, 0.29) is 5.92 Å². The fourth-order valence-electron chi connectivity index (χ4n) is 2.63. The fraction of sp³-hybridized carbons (Fsp3) is 0.235. The first-order chi connectivity index (χ1) is 10.5. The Morgan fingerprint density at radius 1 is 1.23 bits per heavy atom. The quantitative estimate of drug-likeness (QED) is 0.756. The Balaban J connectivity index is 2.32. The van der Waals surface area contributed by atoms with E-state index in [0.29, 0.717) is 16.6 Å². The number of aryl methyl sites for hydroxylation is 1. The van der Waals surface area contributed by atoms with Crippen LogP contribution in [-0.2, 0) is 0 Å². The van der Waals surface area contributed by atoms with Gasteiger partial charge < -0.3 is 10.1 Å². The van der Waals surface area contributed by atoms with Crippen LogP contribution >= 0.6 is 23.2 Å². The zero-order valence-electron chi connectivity index (χ0n) is 12.5. The van der Waals surface area contributed by atoms with Crippen molar-refractivity contribution in [1.29, 1.82) is 0 Å². The number of fused-ring (bicyclic) bond motifs is 1. The summed E-state index contributed by atoms with van der Waals surface area (Å²) >= 11 is 12.4. The molecule has 0 saturated heterocycles. The van der Waals surface area contributed by atoms with E-state index < -0.39 is 0 Å². The van der Waals surface area contributed by atoms with Crippen molar-refractivity contribution in [3.63, 3.8) is 0 Å². The normalized spacial score (nSPS) is 12.8. The van der Waals surface area contributed by atoms with Gasteiger partial charge in [0.25, 0.3) is 0 Å². The topological polar surface area (TPSA) is 43.3 Å². The maximum atomic E-state index is 6.38. The van der Waals surface area contributed by atoms with Gasteiger partial charge in [0, 0.05) is 29.2 Å². The maximum absolute atomic E-state index is 6.38. The lowest BCUT2D eigenvalue weighted by Crippen LogP contribution is -2.12. The minimum absolute atomic E-state index is 0.166. The maximum Gasteiger partial charge on any atom is 0.137 e. The number of imidazole rings is 1. The van der Waals surface area contributed by atoms with E-state index in [9.17, 15) is 0 Å². The van der Waals surface area contributed by atoms with Crippen molar-refractivity contribution in [3.05, 3.63) is 57.8 Å². The van der Waals surface area contributed by atoms with Crippen molar-refractivity contribution >= 4 is 28.8 Å². The monoisotopic (exact) mass is 333 g/mol. The molecule has 2 N–H and O–H groups in total. The molecule has 1 aromatic carbocycles. The average Bonchev–Trinajstić information content (AvgIpc) is 2.84.